The molecule has 0 amide bonds. The number of benzene rings is 1. The fourth-order valence-corrected chi connectivity index (χ4v) is 3.80. The van der Waals surface area contributed by atoms with Gasteiger partial charge in [0.2, 0.25) is 0 Å². The number of nitrogens with one attached hydrogen (secondary N) is 1. The molecule has 3 nitrogen and oxygen atoms in total. The lowest BCUT2D eigenvalue weighted by atomic mass is 9.92. The normalized spacial score (nSPS) is 21.7. The molecule has 0 spiro atoms. The van der Waals surface area contributed by atoms with Crippen LogP contribution in [0.2, 0.25) is 0 Å². The van der Waals surface area contributed by atoms with Gasteiger partial charge in [-0.25, -0.2) is 4.98 Å². The summed E-state index contributed by atoms with van der Waals surface area (Å²) in [6, 6.07) is 6.60. The minimum atomic E-state index is 0.470. The van der Waals surface area contributed by atoms with Crippen LogP contribution < -0.4 is 10.1 Å². The van der Waals surface area contributed by atoms with Crippen molar-refractivity contribution in [3.05, 3.63) is 18.2 Å². The first kappa shape index (κ1) is 12.7. The second kappa shape index (κ2) is 4.67. The summed E-state index contributed by atoms with van der Waals surface area (Å²) in [5.41, 5.74) is 1.52. The van der Waals surface area contributed by atoms with Crippen LogP contribution in [0.5, 0.6) is 5.75 Å². The number of anilines is 1. The molecular weight excluding hydrogens is 256 g/mol. The van der Waals surface area contributed by atoms with Crippen molar-refractivity contribution in [3.8, 4) is 5.75 Å². The van der Waals surface area contributed by atoms with E-state index in [4.69, 9.17) is 4.74 Å². The Labute approximate surface area is 118 Å². The van der Waals surface area contributed by atoms with Crippen molar-refractivity contribution in [3.63, 3.8) is 0 Å². The fraction of sp³-hybridized carbons (Fsp3) is 0.533. The van der Waals surface area contributed by atoms with E-state index in [0.29, 0.717) is 11.5 Å². The minimum Gasteiger partial charge on any atom is -0.497 e. The first-order valence-corrected chi connectivity index (χ1v) is 7.58. The first-order chi connectivity index (χ1) is 9.05. The zero-order chi connectivity index (χ0) is 13.5. The number of fused-ring (bicyclic) bond motifs is 1. The zero-order valence-electron chi connectivity index (χ0n) is 11.7. The van der Waals surface area contributed by atoms with Gasteiger partial charge in [0.1, 0.15) is 5.75 Å². The van der Waals surface area contributed by atoms with E-state index in [1.807, 2.05) is 12.1 Å². The summed E-state index contributed by atoms with van der Waals surface area (Å²) < 4.78 is 6.43. The summed E-state index contributed by atoms with van der Waals surface area (Å²) >= 11 is 1.71. The molecule has 0 saturated heterocycles. The van der Waals surface area contributed by atoms with Crippen LogP contribution in [-0.4, -0.2) is 18.1 Å². The average molecular weight is 276 g/mol. The maximum Gasteiger partial charge on any atom is 0.184 e. The van der Waals surface area contributed by atoms with Crippen molar-refractivity contribution in [2.75, 3.05) is 12.4 Å². The summed E-state index contributed by atoms with van der Waals surface area (Å²) in [5.74, 6) is 0.893. The number of rotatable bonds is 3. The highest BCUT2D eigenvalue weighted by Gasteiger charge is 2.31. The highest BCUT2D eigenvalue weighted by Crippen LogP contribution is 2.39. The Balaban J connectivity index is 1.78. The van der Waals surface area contributed by atoms with Crippen molar-refractivity contribution in [2.45, 2.75) is 39.2 Å². The molecule has 0 radical (unpaired) electrons. The molecular formula is C15H20N2OS. The number of hydrogen-bond acceptors (Lipinski definition) is 4. The first-order valence-electron chi connectivity index (χ1n) is 6.77. The van der Waals surface area contributed by atoms with Gasteiger partial charge in [0, 0.05) is 6.04 Å². The van der Waals surface area contributed by atoms with Crippen LogP contribution in [0.1, 0.15) is 33.1 Å². The van der Waals surface area contributed by atoms with Crippen LogP contribution in [0.4, 0.5) is 5.13 Å². The Bertz CT molecular complexity index is 591. The van der Waals surface area contributed by atoms with E-state index in [-0.39, 0.29) is 0 Å². The molecule has 1 aliphatic rings. The number of ether oxygens (including phenoxy) is 1. The lowest BCUT2D eigenvalue weighted by Crippen LogP contribution is -2.17. The molecule has 1 aromatic carbocycles. The quantitative estimate of drug-likeness (QED) is 0.907. The molecule has 1 saturated carbocycles. The third-order valence-electron chi connectivity index (χ3n) is 3.89. The smallest absolute Gasteiger partial charge is 0.184 e. The van der Waals surface area contributed by atoms with Crippen molar-refractivity contribution >= 4 is 26.7 Å². The Morgan fingerprint density at radius 2 is 2.26 bits per heavy atom. The predicted octanol–water partition coefficient (Wildman–Crippen LogP) is 4.30. The standard InChI is InChI=1S/C15H20N2OS/c1-15(2)7-6-10(9-15)16-14-17-12-5-4-11(18-3)8-13(12)19-14/h4-5,8,10H,6-7,9H2,1-3H3,(H,16,17). The van der Waals surface area contributed by atoms with E-state index in [2.05, 4.69) is 30.2 Å². The van der Waals surface area contributed by atoms with Crippen LogP contribution >= 0.6 is 11.3 Å². The van der Waals surface area contributed by atoms with E-state index < -0.39 is 0 Å². The average Bonchev–Trinajstić information content (AvgIpc) is 2.91. The molecule has 4 heteroatoms. The molecule has 1 atom stereocenters. The third-order valence-corrected chi connectivity index (χ3v) is 4.84. The molecule has 1 aromatic heterocycles. The number of thiazole rings is 1. The number of nitrogens with zero attached hydrogens (tertiary/aromatic N) is 1. The summed E-state index contributed by atoms with van der Waals surface area (Å²) in [4.78, 5) is 4.65. The van der Waals surface area contributed by atoms with Gasteiger partial charge in [0.15, 0.2) is 5.13 Å². The number of methoxy groups -OCH3 is 1. The second-order valence-corrected chi connectivity index (χ2v) is 7.13. The van der Waals surface area contributed by atoms with Crippen LogP contribution in [-0.2, 0) is 0 Å². The van der Waals surface area contributed by atoms with Crippen molar-refractivity contribution in [2.24, 2.45) is 5.41 Å². The summed E-state index contributed by atoms with van der Waals surface area (Å²) in [5, 5.41) is 4.62. The third kappa shape index (κ3) is 2.68. The second-order valence-electron chi connectivity index (χ2n) is 6.10. The van der Waals surface area contributed by atoms with E-state index >= 15 is 0 Å². The minimum absolute atomic E-state index is 0.470. The largest absolute Gasteiger partial charge is 0.497 e. The van der Waals surface area contributed by atoms with Gasteiger partial charge in [-0.2, -0.15) is 0 Å². The van der Waals surface area contributed by atoms with E-state index in [0.717, 1.165) is 16.4 Å². The van der Waals surface area contributed by atoms with Gasteiger partial charge in [-0.1, -0.05) is 25.2 Å². The van der Waals surface area contributed by atoms with Gasteiger partial charge < -0.3 is 10.1 Å². The molecule has 1 N–H and O–H groups in total. The molecule has 1 unspecified atom stereocenters. The predicted molar refractivity (Wildman–Crippen MR) is 81.2 cm³/mol. The molecule has 1 aliphatic carbocycles. The maximum atomic E-state index is 5.25. The Kier molecular flexibility index (Phi) is 3.13. The number of aromatic nitrogens is 1. The maximum absolute atomic E-state index is 5.25. The highest BCUT2D eigenvalue weighted by molar-refractivity contribution is 7.22. The summed E-state index contributed by atoms with van der Waals surface area (Å²) in [7, 11) is 1.70. The Hall–Kier alpha value is -1.29. The van der Waals surface area contributed by atoms with Crippen LogP contribution in [0.3, 0.4) is 0 Å². The highest BCUT2D eigenvalue weighted by atomic mass is 32.1. The Morgan fingerprint density at radius 3 is 2.95 bits per heavy atom. The SMILES string of the molecule is COc1ccc2nc(NC3CCC(C)(C)C3)sc2c1. The van der Waals surface area contributed by atoms with E-state index in [1.165, 1.54) is 24.0 Å². The number of hydrogen-bond donors (Lipinski definition) is 1. The van der Waals surface area contributed by atoms with E-state index in [9.17, 15) is 0 Å². The lowest BCUT2D eigenvalue weighted by Gasteiger charge is -2.17. The molecule has 1 fully saturated rings. The molecule has 1 heterocycles. The van der Waals surface area contributed by atoms with Gasteiger partial charge in [-0.05, 0) is 42.9 Å². The van der Waals surface area contributed by atoms with Crippen molar-refractivity contribution in [1.82, 2.24) is 4.98 Å². The van der Waals surface area contributed by atoms with Gasteiger partial charge in [0.05, 0.1) is 17.3 Å². The van der Waals surface area contributed by atoms with Crippen LogP contribution in [0, 0.1) is 5.41 Å². The van der Waals surface area contributed by atoms with Crippen LogP contribution in [0.15, 0.2) is 18.2 Å². The van der Waals surface area contributed by atoms with Gasteiger partial charge in [0.25, 0.3) is 0 Å². The van der Waals surface area contributed by atoms with E-state index in [1.54, 1.807) is 18.4 Å². The van der Waals surface area contributed by atoms with Gasteiger partial charge in [-0.3, -0.25) is 0 Å². The molecule has 2 aromatic rings. The fourth-order valence-electron chi connectivity index (χ4n) is 2.83. The molecule has 102 valence electrons. The molecule has 19 heavy (non-hydrogen) atoms. The van der Waals surface area contributed by atoms with Gasteiger partial charge >= 0.3 is 0 Å². The monoisotopic (exact) mass is 276 g/mol. The lowest BCUT2D eigenvalue weighted by molar-refractivity contribution is 0.378. The summed E-state index contributed by atoms with van der Waals surface area (Å²) in [6.07, 6.45) is 3.77. The Morgan fingerprint density at radius 1 is 1.42 bits per heavy atom. The zero-order valence-corrected chi connectivity index (χ0v) is 12.5. The van der Waals surface area contributed by atoms with Gasteiger partial charge in [-0.15, -0.1) is 0 Å². The topological polar surface area (TPSA) is 34.1 Å². The van der Waals surface area contributed by atoms with Crippen molar-refractivity contribution in [1.29, 1.82) is 0 Å². The molecule has 3 rings (SSSR count). The summed E-state index contributed by atoms with van der Waals surface area (Å²) in [6.45, 7) is 4.69. The van der Waals surface area contributed by atoms with Crippen molar-refractivity contribution < 1.29 is 4.74 Å². The van der Waals surface area contributed by atoms with Crippen LogP contribution in [0.25, 0.3) is 10.2 Å². The molecule has 0 aliphatic heterocycles. The molecule has 0 bridgehead atoms.